The number of aliphatic hydroxyl groups is 1. The molecule has 2 saturated heterocycles. The molecule has 1 aromatic heterocycles. The van der Waals surface area contributed by atoms with Crippen LogP contribution in [0.1, 0.15) is 69.2 Å². The van der Waals surface area contributed by atoms with Gasteiger partial charge >= 0.3 is 0 Å². The summed E-state index contributed by atoms with van der Waals surface area (Å²) < 4.78 is 7.47. The number of ether oxygens (including phenoxy) is 1. The van der Waals surface area contributed by atoms with E-state index in [1.54, 1.807) is 6.20 Å². The van der Waals surface area contributed by atoms with Crippen molar-refractivity contribution in [2.75, 3.05) is 52.5 Å². The topological polar surface area (TPSA) is 99.9 Å². The Bertz CT molecular complexity index is 806. The molecule has 2 N–H and O–H groups in total. The molecule has 0 aromatic carbocycles. The molecule has 2 atom stereocenters. The second kappa shape index (κ2) is 13.9. The predicted octanol–water partition coefficient (Wildman–Crippen LogP) is 1.93. The predicted molar refractivity (Wildman–Crippen MR) is 135 cm³/mol. The van der Waals surface area contributed by atoms with E-state index < -0.39 is 0 Å². The second-order valence-electron chi connectivity index (χ2n) is 10.3. The Morgan fingerprint density at radius 1 is 1.23 bits per heavy atom. The number of nitrogens with zero attached hydrogens (tertiary/aromatic N) is 4. The lowest BCUT2D eigenvalue weighted by Crippen LogP contribution is -2.56. The average Bonchev–Trinajstić information content (AvgIpc) is 3.28. The van der Waals surface area contributed by atoms with Crippen molar-refractivity contribution in [3.05, 3.63) is 17.7 Å². The number of hydrogen-bond acceptors (Lipinski definition) is 6. The monoisotopic (exact) mass is 491 g/mol. The molecular weight excluding hydrogens is 446 g/mol. The number of nitrogens with one attached hydrogen (secondary N) is 1. The summed E-state index contributed by atoms with van der Waals surface area (Å²) in [5.74, 6) is 1.27. The van der Waals surface area contributed by atoms with Gasteiger partial charge in [0.1, 0.15) is 11.5 Å². The van der Waals surface area contributed by atoms with Gasteiger partial charge in [0, 0.05) is 58.3 Å². The number of aryl methyl sites for hydroxylation is 1. The third-order valence-corrected chi connectivity index (χ3v) is 6.96. The molecule has 198 valence electrons. The smallest absolute Gasteiger partial charge is 0.272 e. The summed E-state index contributed by atoms with van der Waals surface area (Å²) in [5, 5.41) is 12.7. The number of amides is 2. The van der Waals surface area contributed by atoms with E-state index in [4.69, 9.17) is 4.74 Å². The lowest BCUT2D eigenvalue weighted by Gasteiger charge is -2.40. The maximum absolute atomic E-state index is 14.0. The number of imidazole rings is 1. The van der Waals surface area contributed by atoms with Crippen LogP contribution in [-0.2, 0) is 22.5 Å². The van der Waals surface area contributed by atoms with Crippen LogP contribution in [0, 0.1) is 11.8 Å². The number of rotatable bonds is 12. The number of piperidine rings is 1. The highest BCUT2D eigenvalue weighted by Crippen LogP contribution is 2.23. The zero-order valence-corrected chi connectivity index (χ0v) is 21.9. The number of aromatic nitrogens is 2. The van der Waals surface area contributed by atoms with Gasteiger partial charge in [-0.25, -0.2) is 4.98 Å². The minimum absolute atomic E-state index is 0.00998. The first-order chi connectivity index (χ1) is 17.0. The summed E-state index contributed by atoms with van der Waals surface area (Å²) in [7, 11) is 0. The van der Waals surface area contributed by atoms with Crippen molar-refractivity contribution < 1.29 is 19.4 Å². The molecule has 0 aliphatic carbocycles. The molecule has 2 aliphatic heterocycles. The second-order valence-corrected chi connectivity index (χ2v) is 10.3. The Balaban J connectivity index is 1.79. The summed E-state index contributed by atoms with van der Waals surface area (Å²) in [6, 6.07) is -0.0477. The molecule has 2 fully saturated rings. The van der Waals surface area contributed by atoms with Gasteiger partial charge in [0.25, 0.3) is 5.91 Å². The van der Waals surface area contributed by atoms with Gasteiger partial charge in [-0.15, -0.1) is 0 Å². The highest BCUT2D eigenvalue weighted by atomic mass is 16.5. The van der Waals surface area contributed by atoms with Crippen molar-refractivity contribution >= 4 is 11.8 Å². The quantitative estimate of drug-likeness (QED) is 0.434. The van der Waals surface area contributed by atoms with E-state index in [9.17, 15) is 14.7 Å². The molecule has 3 heterocycles. The number of hydrogen-bond donors (Lipinski definition) is 2. The van der Waals surface area contributed by atoms with Crippen LogP contribution in [0.5, 0.6) is 0 Å². The van der Waals surface area contributed by atoms with Gasteiger partial charge in [-0.3, -0.25) is 9.59 Å². The zero-order chi connectivity index (χ0) is 25.2. The fourth-order valence-corrected chi connectivity index (χ4v) is 5.08. The Morgan fingerprint density at radius 3 is 2.69 bits per heavy atom. The van der Waals surface area contributed by atoms with Crippen molar-refractivity contribution in [1.82, 2.24) is 24.7 Å². The maximum Gasteiger partial charge on any atom is 0.272 e. The Morgan fingerprint density at radius 2 is 2.00 bits per heavy atom. The molecule has 3 rings (SSSR count). The van der Waals surface area contributed by atoms with E-state index in [0.717, 1.165) is 31.5 Å². The standard InChI is InChI=1S/C26H45N5O4/c1-4-5-8-24-28-18-23(30(24)9-6-7-12-32)26(34)31(19-20(2)3)22-15-21(16-27-17-22)25(33)29-10-13-35-14-11-29/h18,20-22,27,32H,4-17,19H2,1-3H3/t21-,22+/m1/s1. The van der Waals surface area contributed by atoms with Crippen molar-refractivity contribution in [3.63, 3.8) is 0 Å². The molecule has 0 saturated carbocycles. The van der Waals surface area contributed by atoms with Gasteiger partial charge in [0.2, 0.25) is 5.91 Å². The summed E-state index contributed by atoms with van der Waals surface area (Å²) in [6.45, 7) is 11.7. The highest BCUT2D eigenvalue weighted by Gasteiger charge is 2.36. The van der Waals surface area contributed by atoms with E-state index in [0.29, 0.717) is 76.9 Å². The van der Waals surface area contributed by atoms with Crippen molar-refractivity contribution in [2.45, 2.75) is 71.9 Å². The molecule has 0 radical (unpaired) electrons. The Labute approximate surface area is 210 Å². The summed E-state index contributed by atoms with van der Waals surface area (Å²) in [6.07, 6.45) is 6.84. The van der Waals surface area contributed by atoms with Crippen LogP contribution in [0.15, 0.2) is 6.20 Å². The van der Waals surface area contributed by atoms with Crippen LogP contribution in [-0.4, -0.2) is 94.9 Å². The molecular formula is C26H45N5O4. The lowest BCUT2D eigenvalue weighted by molar-refractivity contribution is -0.140. The zero-order valence-electron chi connectivity index (χ0n) is 21.9. The summed E-state index contributed by atoms with van der Waals surface area (Å²) >= 11 is 0. The number of morpholine rings is 1. The Hall–Kier alpha value is -1.97. The number of carbonyl (C=O) groups is 2. The van der Waals surface area contributed by atoms with Crippen LogP contribution >= 0.6 is 0 Å². The first kappa shape index (κ1) is 27.6. The van der Waals surface area contributed by atoms with E-state index in [2.05, 4.69) is 35.6 Å². The Kier molecular flexibility index (Phi) is 11.0. The highest BCUT2D eigenvalue weighted by molar-refractivity contribution is 5.93. The van der Waals surface area contributed by atoms with E-state index in [1.807, 2.05) is 9.80 Å². The van der Waals surface area contributed by atoms with Gasteiger partial charge in [0.15, 0.2) is 0 Å². The van der Waals surface area contributed by atoms with Crippen LogP contribution in [0.3, 0.4) is 0 Å². The molecule has 0 spiro atoms. The minimum Gasteiger partial charge on any atom is -0.396 e. The molecule has 1 aromatic rings. The lowest BCUT2D eigenvalue weighted by atomic mass is 9.92. The molecule has 9 heteroatoms. The van der Waals surface area contributed by atoms with E-state index in [-0.39, 0.29) is 30.4 Å². The number of unbranched alkanes of at least 4 members (excludes halogenated alkanes) is 2. The van der Waals surface area contributed by atoms with Crippen LogP contribution in [0.4, 0.5) is 0 Å². The minimum atomic E-state index is -0.135. The molecule has 2 amide bonds. The van der Waals surface area contributed by atoms with Crippen molar-refractivity contribution in [2.24, 2.45) is 11.8 Å². The number of carbonyl (C=O) groups excluding carboxylic acids is 2. The first-order valence-corrected chi connectivity index (χ1v) is 13.5. The largest absolute Gasteiger partial charge is 0.396 e. The van der Waals surface area contributed by atoms with Gasteiger partial charge < -0.3 is 29.5 Å². The number of aliphatic hydroxyl groups excluding tert-OH is 1. The summed E-state index contributed by atoms with van der Waals surface area (Å²) in [4.78, 5) is 35.7. The normalized spacial score (nSPS) is 20.9. The molecule has 0 bridgehead atoms. The third kappa shape index (κ3) is 7.51. The van der Waals surface area contributed by atoms with E-state index in [1.165, 1.54) is 0 Å². The van der Waals surface area contributed by atoms with Crippen LogP contribution in [0.25, 0.3) is 0 Å². The molecule has 2 aliphatic rings. The maximum atomic E-state index is 14.0. The van der Waals surface area contributed by atoms with Gasteiger partial charge in [0.05, 0.1) is 25.3 Å². The van der Waals surface area contributed by atoms with Crippen LogP contribution < -0.4 is 5.32 Å². The van der Waals surface area contributed by atoms with E-state index >= 15 is 0 Å². The summed E-state index contributed by atoms with van der Waals surface area (Å²) in [5.41, 5.74) is 0.622. The molecule has 35 heavy (non-hydrogen) atoms. The third-order valence-electron chi connectivity index (χ3n) is 6.96. The van der Waals surface area contributed by atoms with Crippen molar-refractivity contribution in [1.29, 1.82) is 0 Å². The van der Waals surface area contributed by atoms with Crippen LogP contribution in [0.2, 0.25) is 0 Å². The molecule has 0 unspecified atom stereocenters. The fraction of sp³-hybridized carbons (Fsp3) is 0.808. The van der Waals surface area contributed by atoms with Gasteiger partial charge in [-0.2, -0.15) is 0 Å². The molecule has 9 nitrogen and oxygen atoms in total. The SMILES string of the molecule is CCCCc1ncc(C(=O)N(CC(C)C)[C@@H]2CNC[C@H](C(=O)N3CCOCC3)C2)n1CCCCO. The average molecular weight is 492 g/mol. The fourth-order valence-electron chi connectivity index (χ4n) is 5.08. The van der Waals surface area contributed by atoms with Crippen molar-refractivity contribution in [3.8, 4) is 0 Å². The first-order valence-electron chi connectivity index (χ1n) is 13.5. The van der Waals surface area contributed by atoms with Gasteiger partial charge in [-0.05, 0) is 31.6 Å². The van der Waals surface area contributed by atoms with Gasteiger partial charge in [-0.1, -0.05) is 27.2 Å².